The molecule has 1 saturated heterocycles. The number of benzene rings is 1. The van der Waals surface area contributed by atoms with E-state index in [0.29, 0.717) is 0 Å². The van der Waals surface area contributed by atoms with Gasteiger partial charge in [-0.05, 0) is 17.7 Å². The summed E-state index contributed by atoms with van der Waals surface area (Å²) in [6, 6.07) is 6.15. The number of alkyl halides is 5. The second kappa shape index (κ2) is 6.15. The Balaban J connectivity index is 1.93. The van der Waals surface area contributed by atoms with Crippen molar-refractivity contribution in [3.05, 3.63) is 29.8 Å². The second-order valence-corrected chi connectivity index (χ2v) is 4.77. The molecule has 1 atom stereocenters. The minimum absolute atomic E-state index is 0.0218. The normalized spacial score (nSPS) is 20.3. The van der Waals surface area contributed by atoms with Crippen molar-refractivity contribution < 1.29 is 26.7 Å². The number of hydrogen-bond donors (Lipinski definition) is 2. The van der Waals surface area contributed by atoms with Crippen LogP contribution in [0.2, 0.25) is 0 Å². The Hall–Kier alpha value is -1.41. The summed E-state index contributed by atoms with van der Waals surface area (Å²) in [7, 11) is 0. The molecule has 0 saturated carbocycles. The standard InChI is InChI=1S/C13H15F5N2O/c14-12(15,13(16,17)18)8-21-10-3-1-9(2-4-10)11-7-19-5-6-20-11/h1-4,11,19-20H,5-8H2. The third-order valence-corrected chi connectivity index (χ3v) is 3.16. The molecule has 1 aliphatic rings. The van der Waals surface area contributed by atoms with E-state index in [1.165, 1.54) is 12.1 Å². The Morgan fingerprint density at radius 3 is 2.24 bits per heavy atom. The van der Waals surface area contributed by atoms with Crippen LogP contribution in [0.1, 0.15) is 11.6 Å². The molecule has 1 heterocycles. The van der Waals surface area contributed by atoms with E-state index in [0.717, 1.165) is 25.2 Å². The van der Waals surface area contributed by atoms with Crippen LogP contribution in [-0.4, -0.2) is 38.3 Å². The van der Waals surface area contributed by atoms with Crippen LogP contribution >= 0.6 is 0 Å². The Kier molecular flexibility index (Phi) is 4.67. The predicted molar refractivity (Wildman–Crippen MR) is 66.6 cm³/mol. The van der Waals surface area contributed by atoms with Gasteiger partial charge < -0.3 is 15.4 Å². The molecule has 0 bridgehead atoms. The fourth-order valence-electron chi connectivity index (χ4n) is 1.94. The molecule has 2 rings (SSSR count). The van der Waals surface area contributed by atoms with Gasteiger partial charge in [0.1, 0.15) is 5.75 Å². The van der Waals surface area contributed by atoms with Gasteiger partial charge in [-0.15, -0.1) is 0 Å². The zero-order valence-electron chi connectivity index (χ0n) is 11.0. The van der Waals surface area contributed by atoms with E-state index in [9.17, 15) is 22.0 Å². The number of nitrogens with one attached hydrogen (secondary N) is 2. The van der Waals surface area contributed by atoms with Crippen LogP contribution in [0.3, 0.4) is 0 Å². The topological polar surface area (TPSA) is 33.3 Å². The molecule has 3 nitrogen and oxygen atoms in total. The Labute approximate surface area is 118 Å². The fraction of sp³-hybridized carbons (Fsp3) is 0.538. The monoisotopic (exact) mass is 310 g/mol. The number of rotatable bonds is 4. The molecule has 0 radical (unpaired) electrons. The van der Waals surface area contributed by atoms with Crippen molar-refractivity contribution in [1.82, 2.24) is 10.6 Å². The molecular weight excluding hydrogens is 295 g/mol. The van der Waals surface area contributed by atoms with Gasteiger partial charge in [0.2, 0.25) is 0 Å². The van der Waals surface area contributed by atoms with Crippen molar-refractivity contribution in [2.45, 2.75) is 18.1 Å². The lowest BCUT2D eigenvalue weighted by atomic mass is 10.1. The highest BCUT2D eigenvalue weighted by Crippen LogP contribution is 2.35. The maximum Gasteiger partial charge on any atom is 0.456 e. The fourth-order valence-corrected chi connectivity index (χ4v) is 1.94. The summed E-state index contributed by atoms with van der Waals surface area (Å²) in [5.74, 6) is -4.88. The molecule has 1 aliphatic heterocycles. The molecule has 1 aromatic rings. The summed E-state index contributed by atoms with van der Waals surface area (Å²) in [5.41, 5.74) is 0.914. The predicted octanol–water partition coefficient (Wildman–Crippen LogP) is 2.50. The van der Waals surface area contributed by atoms with Crippen LogP contribution < -0.4 is 15.4 Å². The Bertz CT molecular complexity index is 455. The largest absolute Gasteiger partial charge is 0.487 e. The average Bonchev–Trinajstić information content (AvgIpc) is 2.45. The van der Waals surface area contributed by atoms with Crippen LogP contribution in [0, 0.1) is 0 Å². The first-order valence-electron chi connectivity index (χ1n) is 6.41. The first-order valence-corrected chi connectivity index (χ1v) is 6.41. The van der Waals surface area contributed by atoms with Crippen molar-refractivity contribution in [3.63, 3.8) is 0 Å². The zero-order valence-corrected chi connectivity index (χ0v) is 11.0. The highest BCUT2D eigenvalue weighted by molar-refractivity contribution is 5.29. The smallest absolute Gasteiger partial charge is 0.456 e. The molecule has 0 spiro atoms. The third kappa shape index (κ3) is 4.04. The highest BCUT2D eigenvalue weighted by Gasteiger charge is 2.58. The van der Waals surface area contributed by atoms with Gasteiger partial charge in [0, 0.05) is 25.7 Å². The van der Waals surface area contributed by atoms with Crippen molar-refractivity contribution in [2.75, 3.05) is 26.2 Å². The maximum absolute atomic E-state index is 12.7. The van der Waals surface area contributed by atoms with Gasteiger partial charge in [0.25, 0.3) is 0 Å². The molecule has 118 valence electrons. The molecule has 8 heteroatoms. The van der Waals surface area contributed by atoms with Crippen LogP contribution in [-0.2, 0) is 0 Å². The van der Waals surface area contributed by atoms with Crippen molar-refractivity contribution in [2.24, 2.45) is 0 Å². The zero-order chi connectivity index (χ0) is 15.5. The van der Waals surface area contributed by atoms with E-state index < -0.39 is 18.7 Å². The molecule has 1 unspecified atom stereocenters. The average molecular weight is 310 g/mol. The molecule has 21 heavy (non-hydrogen) atoms. The summed E-state index contributed by atoms with van der Waals surface area (Å²) in [6.45, 7) is 0.677. The van der Waals surface area contributed by atoms with Gasteiger partial charge in [0.05, 0.1) is 0 Å². The minimum atomic E-state index is -5.61. The van der Waals surface area contributed by atoms with Crippen LogP contribution in [0.25, 0.3) is 0 Å². The van der Waals surface area contributed by atoms with Crippen LogP contribution in [0.5, 0.6) is 5.75 Å². The first-order chi connectivity index (χ1) is 9.79. The first kappa shape index (κ1) is 16.0. The Morgan fingerprint density at radius 2 is 1.71 bits per heavy atom. The van der Waals surface area contributed by atoms with Gasteiger partial charge in [-0.25, -0.2) is 0 Å². The highest BCUT2D eigenvalue weighted by atomic mass is 19.4. The van der Waals surface area contributed by atoms with E-state index >= 15 is 0 Å². The van der Waals surface area contributed by atoms with Gasteiger partial charge in [-0.3, -0.25) is 0 Å². The summed E-state index contributed by atoms with van der Waals surface area (Å²) in [6.07, 6.45) is -5.61. The lowest BCUT2D eigenvalue weighted by molar-refractivity contribution is -0.290. The molecule has 1 aromatic carbocycles. The minimum Gasteiger partial charge on any atom is -0.487 e. The second-order valence-electron chi connectivity index (χ2n) is 4.77. The lowest BCUT2D eigenvalue weighted by Gasteiger charge is -2.25. The summed E-state index contributed by atoms with van der Waals surface area (Å²) >= 11 is 0. The number of piperazine rings is 1. The van der Waals surface area contributed by atoms with E-state index in [1.54, 1.807) is 12.1 Å². The van der Waals surface area contributed by atoms with Gasteiger partial charge in [0.15, 0.2) is 6.61 Å². The van der Waals surface area contributed by atoms with Gasteiger partial charge in [-0.1, -0.05) is 12.1 Å². The van der Waals surface area contributed by atoms with Gasteiger partial charge >= 0.3 is 12.1 Å². The van der Waals surface area contributed by atoms with Gasteiger partial charge in [-0.2, -0.15) is 22.0 Å². The van der Waals surface area contributed by atoms with Crippen molar-refractivity contribution in [1.29, 1.82) is 0 Å². The summed E-state index contributed by atoms with van der Waals surface area (Å²) < 4.78 is 66.0. The summed E-state index contributed by atoms with van der Waals surface area (Å²) in [5, 5.41) is 6.45. The SMILES string of the molecule is FC(F)(F)C(F)(F)COc1ccc(C2CNCCN2)cc1. The number of hydrogen-bond acceptors (Lipinski definition) is 3. The molecule has 0 aliphatic carbocycles. The van der Waals surface area contributed by atoms with E-state index in [4.69, 9.17) is 0 Å². The van der Waals surface area contributed by atoms with E-state index in [2.05, 4.69) is 15.4 Å². The third-order valence-electron chi connectivity index (χ3n) is 3.16. The van der Waals surface area contributed by atoms with Crippen molar-refractivity contribution >= 4 is 0 Å². The van der Waals surface area contributed by atoms with E-state index in [-0.39, 0.29) is 11.8 Å². The number of ether oxygens (including phenoxy) is 1. The molecule has 0 amide bonds. The molecule has 1 fully saturated rings. The quantitative estimate of drug-likeness (QED) is 0.838. The molecular formula is C13H15F5N2O. The lowest BCUT2D eigenvalue weighted by Crippen LogP contribution is -2.42. The Morgan fingerprint density at radius 1 is 1.05 bits per heavy atom. The molecule has 2 N–H and O–H groups in total. The maximum atomic E-state index is 12.7. The molecule has 0 aromatic heterocycles. The summed E-state index contributed by atoms with van der Waals surface area (Å²) in [4.78, 5) is 0. The van der Waals surface area contributed by atoms with Crippen LogP contribution in [0.15, 0.2) is 24.3 Å². The number of halogens is 5. The van der Waals surface area contributed by atoms with Crippen LogP contribution in [0.4, 0.5) is 22.0 Å². The van der Waals surface area contributed by atoms with Crippen molar-refractivity contribution in [3.8, 4) is 5.75 Å². The van der Waals surface area contributed by atoms with E-state index in [1.807, 2.05) is 0 Å².